The zero-order valence-corrected chi connectivity index (χ0v) is 15.7. The molecule has 0 amide bonds. The summed E-state index contributed by atoms with van der Waals surface area (Å²) in [7, 11) is 0. The highest BCUT2D eigenvalue weighted by Crippen LogP contribution is 2.38. The number of nitrogens with zero attached hydrogens (tertiary/aromatic N) is 1. The number of nitrogens with two attached hydrogens (primary N) is 1. The van der Waals surface area contributed by atoms with E-state index in [0.29, 0.717) is 13.0 Å². The highest BCUT2D eigenvalue weighted by molar-refractivity contribution is 14.0. The van der Waals surface area contributed by atoms with Crippen molar-refractivity contribution in [3.05, 3.63) is 24.3 Å². The van der Waals surface area contributed by atoms with E-state index in [2.05, 4.69) is 10.3 Å². The number of benzene rings is 1. The Bertz CT molecular complexity index is 521. The van der Waals surface area contributed by atoms with E-state index in [1.54, 1.807) is 0 Å². The van der Waals surface area contributed by atoms with Crippen molar-refractivity contribution in [1.29, 1.82) is 0 Å². The van der Waals surface area contributed by atoms with Gasteiger partial charge in [0.05, 0.1) is 6.10 Å². The van der Waals surface area contributed by atoms with Crippen LogP contribution in [-0.2, 0) is 0 Å². The van der Waals surface area contributed by atoms with Crippen LogP contribution in [0.5, 0.6) is 5.75 Å². The van der Waals surface area contributed by atoms with E-state index in [-0.39, 0.29) is 54.8 Å². The molecular weight excluding hydrogens is 415 g/mol. The molecule has 0 aromatic heterocycles. The van der Waals surface area contributed by atoms with Crippen molar-refractivity contribution in [2.24, 2.45) is 16.6 Å². The largest absolute Gasteiger partial charge is 0.491 e. The highest BCUT2D eigenvalue weighted by atomic mass is 127. The van der Waals surface area contributed by atoms with E-state index < -0.39 is 5.92 Å². The third-order valence-electron chi connectivity index (χ3n) is 3.52. The Morgan fingerprint density at radius 3 is 2.57 bits per heavy atom. The molecule has 1 saturated carbocycles. The molecule has 1 aliphatic carbocycles. The molecule has 0 saturated heterocycles. The molecule has 130 valence electrons. The average Bonchev–Trinajstić information content (AvgIpc) is 2.78. The first-order valence-corrected chi connectivity index (χ1v) is 7.55. The summed E-state index contributed by atoms with van der Waals surface area (Å²) in [6.07, 6.45) is 0.489. The molecule has 23 heavy (non-hydrogen) atoms. The van der Waals surface area contributed by atoms with Crippen LogP contribution in [0.25, 0.3) is 0 Å². The SMILES string of the molecule is CC(C)Oc1ccc(NC(N)=NCC2CCC(F)(F)C2)cc1.I. The summed E-state index contributed by atoms with van der Waals surface area (Å²) in [5.74, 6) is -1.59. The fourth-order valence-corrected chi connectivity index (χ4v) is 2.50. The van der Waals surface area contributed by atoms with Crippen molar-refractivity contribution in [3.63, 3.8) is 0 Å². The number of guanidine groups is 1. The number of alkyl halides is 2. The molecule has 2 rings (SSSR count). The number of anilines is 1. The predicted octanol–water partition coefficient (Wildman–Crippen LogP) is 4.25. The number of hydrogen-bond donors (Lipinski definition) is 2. The van der Waals surface area contributed by atoms with Gasteiger partial charge in [0, 0.05) is 25.1 Å². The van der Waals surface area contributed by atoms with Gasteiger partial charge >= 0.3 is 0 Å². The van der Waals surface area contributed by atoms with E-state index in [9.17, 15) is 8.78 Å². The fraction of sp³-hybridized carbons (Fsp3) is 0.562. The summed E-state index contributed by atoms with van der Waals surface area (Å²) in [6.45, 7) is 4.26. The van der Waals surface area contributed by atoms with Crippen LogP contribution in [0, 0.1) is 5.92 Å². The minimum absolute atomic E-state index is 0. The van der Waals surface area contributed by atoms with Crippen LogP contribution >= 0.6 is 24.0 Å². The smallest absolute Gasteiger partial charge is 0.248 e. The Morgan fingerprint density at radius 1 is 1.39 bits per heavy atom. The van der Waals surface area contributed by atoms with E-state index >= 15 is 0 Å². The van der Waals surface area contributed by atoms with E-state index in [1.165, 1.54) is 0 Å². The Balaban J connectivity index is 0.00000264. The van der Waals surface area contributed by atoms with Gasteiger partial charge in [0.1, 0.15) is 5.75 Å². The van der Waals surface area contributed by atoms with Crippen molar-refractivity contribution in [2.75, 3.05) is 11.9 Å². The maximum atomic E-state index is 13.1. The molecule has 4 nitrogen and oxygen atoms in total. The predicted molar refractivity (Wildman–Crippen MR) is 100 cm³/mol. The molecule has 1 unspecified atom stereocenters. The summed E-state index contributed by atoms with van der Waals surface area (Å²) < 4.78 is 31.7. The monoisotopic (exact) mass is 439 g/mol. The first kappa shape index (κ1) is 19.9. The lowest BCUT2D eigenvalue weighted by Gasteiger charge is -2.11. The van der Waals surface area contributed by atoms with Gasteiger partial charge < -0.3 is 15.8 Å². The van der Waals surface area contributed by atoms with Gasteiger partial charge in [-0.3, -0.25) is 4.99 Å². The Labute approximate surface area is 152 Å². The van der Waals surface area contributed by atoms with Crippen LogP contribution in [-0.4, -0.2) is 24.5 Å². The Kier molecular flexibility index (Phi) is 7.50. The highest BCUT2D eigenvalue weighted by Gasteiger charge is 2.39. The third kappa shape index (κ3) is 6.88. The lowest BCUT2D eigenvalue weighted by Crippen LogP contribution is -2.23. The third-order valence-corrected chi connectivity index (χ3v) is 3.52. The Morgan fingerprint density at radius 2 is 2.04 bits per heavy atom. The lowest BCUT2D eigenvalue weighted by molar-refractivity contribution is 0.00542. The fourth-order valence-electron chi connectivity index (χ4n) is 2.50. The molecule has 1 fully saturated rings. The molecule has 1 aromatic rings. The van der Waals surface area contributed by atoms with E-state index in [1.807, 2.05) is 38.1 Å². The van der Waals surface area contributed by atoms with Crippen molar-refractivity contribution in [3.8, 4) is 5.75 Å². The summed E-state index contributed by atoms with van der Waals surface area (Å²) >= 11 is 0. The minimum atomic E-state index is -2.53. The standard InChI is InChI=1S/C16H23F2N3O.HI/c1-11(2)22-14-5-3-13(4-6-14)21-15(19)20-10-12-7-8-16(17,18)9-12;/h3-6,11-12H,7-10H2,1-2H3,(H3,19,20,21);1H. The van der Waals surface area contributed by atoms with Crippen LogP contribution in [0.15, 0.2) is 29.3 Å². The first-order valence-electron chi connectivity index (χ1n) is 7.55. The van der Waals surface area contributed by atoms with Gasteiger partial charge in [0.15, 0.2) is 5.96 Å². The van der Waals surface area contributed by atoms with Gasteiger partial charge in [-0.25, -0.2) is 8.78 Å². The van der Waals surface area contributed by atoms with Crippen LogP contribution in [0.2, 0.25) is 0 Å². The molecule has 0 radical (unpaired) electrons. The van der Waals surface area contributed by atoms with E-state index in [4.69, 9.17) is 10.5 Å². The molecule has 0 aliphatic heterocycles. The molecule has 7 heteroatoms. The van der Waals surface area contributed by atoms with Gasteiger partial charge in [0.25, 0.3) is 0 Å². The second-order valence-electron chi connectivity index (χ2n) is 6.01. The number of hydrogen-bond acceptors (Lipinski definition) is 2. The van der Waals surface area contributed by atoms with Gasteiger partial charge in [-0.1, -0.05) is 0 Å². The molecule has 1 aromatic carbocycles. The van der Waals surface area contributed by atoms with Crippen LogP contribution in [0.3, 0.4) is 0 Å². The van der Waals surface area contributed by atoms with Gasteiger partial charge in [-0.2, -0.15) is 0 Å². The summed E-state index contributed by atoms with van der Waals surface area (Å²) in [5.41, 5.74) is 6.58. The zero-order chi connectivity index (χ0) is 16.2. The Hall–Kier alpha value is -1.12. The van der Waals surface area contributed by atoms with Gasteiger partial charge in [-0.05, 0) is 50.5 Å². The topological polar surface area (TPSA) is 59.6 Å². The number of aliphatic imine (C=N–C) groups is 1. The second-order valence-corrected chi connectivity index (χ2v) is 6.01. The quantitative estimate of drug-likeness (QED) is 0.410. The summed E-state index contributed by atoms with van der Waals surface area (Å²) in [5, 5.41) is 2.95. The molecule has 0 heterocycles. The summed E-state index contributed by atoms with van der Waals surface area (Å²) in [6, 6.07) is 7.36. The maximum Gasteiger partial charge on any atom is 0.248 e. The van der Waals surface area contributed by atoms with Crippen molar-refractivity contribution in [1.82, 2.24) is 0 Å². The summed E-state index contributed by atoms with van der Waals surface area (Å²) in [4.78, 5) is 4.16. The minimum Gasteiger partial charge on any atom is -0.491 e. The lowest BCUT2D eigenvalue weighted by atomic mass is 10.1. The number of nitrogens with one attached hydrogen (secondary N) is 1. The molecule has 0 spiro atoms. The van der Waals surface area contributed by atoms with Crippen LogP contribution in [0.1, 0.15) is 33.1 Å². The zero-order valence-electron chi connectivity index (χ0n) is 13.4. The number of rotatable bonds is 5. The molecule has 1 aliphatic rings. The molecule has 1 atom stereocenters. The molecular formula is C16H24F2IN3O. The average molecular weight is 439 g/mol. The van der Waals surface area contributed by atoms with Gasteiger partial charge in [0.2, 0.25) is 5.92 Å². The van der Waals surface area contributed by atoms with E-state index in [0.717, 1.165) is 11.4 Å². The van der Waals surface area contributed by atoms with Crippen LogP contribution in [0.4, 0.5) is 14.5 Å². The normalized spacial score (nSPS) is 20.2. The maximum absolute atomic E-state index is 13.1. The first-order chi connectivity index (χ1) is 10.3. The van der Waals surface area contributed by atoms with Crippen LogP contribution < -0.4 is 15.8 Å². The second kappa shape index (κ2) is 8.65. The number of halogens is 3. The van der Waals surface area contributed by atoms with Gasteiger partial charge in [-0.15, -0.1) is 24.0 Å². The molecule has 0 bridgehead atoms. The van der Waals surface area contributed by atoms with Crippen molar-refractivity contribution >= 4 is 35.6 Å². The molecule has 3 N–H and O–H groups in total. The number of ether oxygens (including phenoxy) is 1. The van der Waals surface area contributed by atoms with Crippen molar-refractivity contribution < 1.29 is 13.5 Å². The van der Waals surface area contributed by atoms with Crippen molar-refractivity contribution in [2.45, 2.75) is 45.1 Å².